The third-order valence-electron chi connectivity index (χ3n) is 0.807. The molecule has 0 aromatic heterocycles. The van der Waals surface area contributed by atoms with Crippen LogP contribution in [0, 0.1) is 0 Å². The highest BCUT2D eigenvalue weighted by atomic mass is 19.1. The summed E-state index contributed by atoms with van der Waals surface area (Å²) in [5.74, 6) is 0. The standard InChI is InChI=1S/C6H14FN/c1-5(8)4-6(2,3)7/h5H,4,8H2,1-3H3/t5-/m1/s1. The van der Waals surface area contributed by atoms with E-state index in [9.17, 15) is 4.39 Å². The first-order chi connectivity index (χ1) is 3.42. The van der Waals surface area contributed by atoms with Crippen molar-refractivity contribution < 1.29 is 4.39 Å². The van der Waals surface area contributed by atoms with Gasteiger partial charge in [0.1, 0.15) is 5.67 Å². The number of halogens is 1. The summed E-state index contributed by atoms with van der Waals surface area (Å²) in [6.45, 7) is 4.88. The molecule has 0 rings (SSSR count). The van der Waals surface area contributed by atoms with E-state index in [1.54, 1.807) is 6.92 Å². The van der Waals surface area contributed by atoms with Crippen LogP contribution in [0.2, 0.25) is 0 Å². The smallest absolute Gasteiger partial charge is 0.107 e. The van der Waals surface area contributed by atoms with Gasteiger partial charge in [0.15, 0.2) is 0 Å². The van der Waals surface area contributed by atoms with Gasteiger partial charge in [-0.05, 0) is 27.2 Å². The highest BCUT2D eigenvalue weighted by molar-refractivity contribution is 4.70. The second-order valence-electron chi connectivity index (χ2n) is 2.90. The van der Waals surface area contributed by atoms with Crippen molar-refractivity contribution >= 4 is 0 Å². The molecular weight excluding hydrogens is 105 g/mol. The van der Waals surface area contributed by atoms with Crippen molar-refractivity contribution in [3.8, 4) is 0 Å². The van der Waals surface area contributed by atoms with E-state index in [0.717, 1.165) is 0 Å². The molecule has 0 fully saturated rings. The molecule has 2 heteroatoms. The minimum Gasteiger partial charge on any atom is -0.328 e. The maximum absolute atomic E-state index is 12.6. The van der Waals surface area contributed by atoms with E-state index in [1.807, 2.05) is 0 Å². The number of hydrogen-bond donors (Lipinski definition) is 1. The topological polar surface area (TPSA) is 26.0 Å². The molecule has 0 aliphatic heterocycles. The molecule has 50 valence electrons. The quantitative estimate of drug-likeness (QED) is 0.585. The summed E-state index contributed by atoms with van der Waals surface area (Å²) in [4.78, 5) is 0. The molecule has 0 spiro atoms. The van der Waals surface area contributed by atoms with E-state index in [-0.39, 0.29) is 6.04 Å². The SMILES string of the molecule is C[C@@H](N)CC(C)(C)F. The largest absolute Gasteiger partial charge is 0.328 e. The summed E-state index contributed by atoms with van der Waals surface area (Å²) in [6, 6.07) is -0.0324. The molecule has 0 heterocycles. The lowest BCUT2D eigenvalue weighted by atomic mass is 10.0. The van der Waals surface area contributed by atoms with Gasteiger partial charge in [-0.1, -0.05) is 0 Å². The molecule has 0 amide bonds. The molecule has 1 atom stereocenters. The maximum atomic E-state index is 12.6. The Morgan fingerprint density at radius 3 is 2.00 bits per heavy atom. The summed E-state index contributed by atoms with van der Waals surface area (Å²) in [7, 11) is 0. The van der Waals surface area contributed by atoms with Gasteiger partial charge in [0.25, 0.3) is 0 Å². The van der Waals surface area contributed by atoms with E-state index >= 15 is 0 Å². The van der Waals surface area contributed by atoms with Crippen LogP contribution >= 0.6 is 0 Å². The van der Waals surface area contributed by atoms with Crippen LogP contribution in [-0.4, -0.2) is 11.7 Å². The molecule has 0 saturated heterocycles. The van der Waals surface area contributed by atoms with Crippen LogP contribution in [0.5, 0.6) is 0 Å². The van der Waals surface area contributed by atoms with Crippen molar-refractivity contribution in [1.82, 2.24) is 0 Å². The first-order valence-corrected chi connectivity index (χ1v) is 2.86. The maximum Gasteiger partial charge on any atom is 0.107 e. The summed E-state index contributed by atoms with van der Waals surface area (Å²) >= 11 is 0. The van der Waals surface area contributed by atoms with Gasteiger partial charge in [-0.3, -0.25) is 0 Å². The fourth-order valence-electron chi connectivity index (χ4n) is 0.766. The van der Waals surface area contributed by atoms with E-state index in [1.165, 1.54) is 13.8 Å². The lowest BCUT2D eigenvalue weighted by Crippen LogP contribution is -2.25. The monoisotopic (exact) mass is 119 g/mol. The Morgan fingerprint density at radius 1 is 1.62 bits per heavy atom. The highest BCUT2D eigenvalue weighted by Crippen LogP contribution is 2.14. The van der Waals surface area contributed by atoms with Gasteiger partial charge in [0, 0.05) is 6.04 Å². The Bertz CT molecular complexity index is 63.4. The van der Waals surface area contributed by atoms with Gasteiger partial charge in [0.2, 0.25) is 0 Å². The predicted molar refractivity (Wildman–Crippen MR) is 33.5 cm³/mol. The van der Waals surface area contributed by atoms with Gasteiger partial charge < -0.3 is 5.73 Å². The van der Waals surface area contributed by atoms with Gasteiger partial charge in [-0.15, -0.1) is 0 Å². The molecule has 8 heavy (non-hydrogen) atoms. The first kappa shape index (κ1) is 7.89. The zero-order valence-corrected chi connectivity index (χ0v) is 5.74. The second kappa shape index (κ2) is 2.44. The third kappa shape index (κ3) is 5.89. The van der Waals surface area contributed by atoms with Gasteiger partial charge in [-0.2, -0.15) is 0 Å². The summed E-state index contributed by atoms with van der Waals surface area (Å²) < 4.78 is 12.6. The van der Waals surface area contributed by atoms with Crippen molar-refractivity contribution in [2.75, 3.05) is 0 Å². The Hall–Kier alpha value is -0.110. The molecule has 0 bridgehead atoms. The summed E-state index contributed by atoms with van der Waals surface area (Å²) in [5.41, 5.74) is 4.24. The molecule has 0 radical (unpaired) electrons. The average Bonchev–Trinajstić information content (AvgIpc) is 1.21. The molecule has 0 aromatic carbocycles. The van der Waals surface area contributed by atoms with Crippen molar-refractivity contribution in [2.45, 2.75) is 38.9 Å². The van der Waals surface area contributed by atoms with E-state index in [4.69, 9.17) is 5.73 Å². The van der Waals surface area contributed by atoms with Crippen LogP contribution in [0.1, 0.15) is 27.2 Å². The summed E-state index contributed by atoms with van der Waals surface area (Å²) in [5, 5.41) is 0. The van der Waals surface area contributed by atoms with E-state index < -0.39 is 5.67 Å². The molecule has 0 unspecified atom stereocenters. The van der Waals surface area contributed by atoms with Crippen molar-refractivity contribution in [3.05, 3.63) is 0 Å². The van der Waals surface area contributed by atoms with Crippen LogP contribution in [-0.2, 0) is 0 Å². The van der Waals surface area contributed by atoms with Gasteiger partial charge in [0.05, 0.1) is 0 Å². The second-order valence-corrected chi connectivity index (χ2v) is 2.90. The Labute approximate surface area is 50.1 Å². The van der Waals surface area contributed by atoms with Crippen LogP contribution in [0.25, 0.3) is 0 Å². The van der Waals surface area contributed by atoms with Crippen LogP contribution < -0.4 is 5.73 Å². The van der Waals surface area contributed by atoms with Gasteiger partial charge >= 0.3 is 0 Å². The first-order valence-electron chi connectivity index (χ1n) is 2.86. The van der Waals surface area contributed by atoms with Gasteiger partial charge in [-0.25, -0.2) is 4.39 Å². The number of nitrogens with two attached hydrogens (primary N) is 1. The number of hydrogen-bond acceptors (Lipinski definition) is 1. The molecule has 1 nitrogen and oxygen atoms in total. The van der Waals surface area contributed by atoms with E-state index in [0.29, 0.717) is 6.42 Å². The molecule has 0 aliphatic rings. The van der Waals surface area contributed by atoms with Crippen LogP contribution in [0.4, 0.5) is 4.39 Å². The minimum atomic E-state index is -1.10. The molecule has 0 saturated carbocycles. The zero-order valence-electron chi connectivity index (χ0n) is 5.74. The lowest BCUT2D eigenvalue weighted by molar-refractivity contribution is 0.191. The zero-order chi connectivity index (χ0) is 6.78. The summed E-state index contributed by atoms with van der Waals surface area (Å²) in [6.07, 6.45) is 0.438. The Morgan fingerprint density at radius 2 is 2.00 bits per heavy atom. The average molecular weight is 119 g/mol. The fourth-order valence-corrected chi connectivity index (χ4v) is 0.766. The van der Waals surface area contributed by atoms with Crippen molar-refractivity contribution in [1.29, 1.82) is 0 Å². The van der Waals surface area contributed by atoms with Crippen LogP contribution in [0.15, 0.2) is 0 Å². The lowest BCUT2D eigenvalue weighted by Gasteiger charge is -2.15. The molecule has 0 aromatic rings. The van der Waals surface area contributed by atoms with Crippen molar-refractivity contribution in [3.63, 3.8) is 0 Å². The fraction of sp³-hybridized carbons (Fsp3) is 1.00. The predicted octanol–water partition coefficient (Wildman–Crippen LogP) is 1.47. The molecule has 2 N–H and O–H groups in total. The Kier molecular flexibility index (Phi) is 2.41. The van der Waals surface area contributed by atoms with E-state index in [2.05, 4.69) is 0 Å². The van der Waals surface area contributed by atoms with Crippen molar-refractivity contribution in [2.24, 2.45) is 5.73 Å². The number of alkyl halides is 1. The molecule has 0 aliphatic carbocycles. The normalized spacial score (nSPS) is 16.1. The van der Waals surface area contributed by atoms with Crippen LogP contribution in [0.3, 0.4) is 0 Å². The minimum absolute atomic E-state index is 0.0324. The third-order valence-corrected chi connectivity index (χ3v) is 0.807. The highest BCUT2D eigenvalue weighted by Gasteiger charge is 2.16. The number of rotatable bonds is 2. The Balaban J connectivity index is 3.39. The molecular formula is C6H14FN.